The van der Waals surface area contributed by atoms with Gasteiger partial charge in [-0.25, -0.2) is 0 Å². The van der Waals surface area contributed by atoms with Gasteiger partial charge in [-0.15, -0.1) is 0 Å². The number of ether oxygens (including phenoxy) is 1. The minimum absolute atomic E-state index is 0.565. The van der Waals surface area contributed by atoms with Crippen LogP contribution >= 0.6 is 0 Å². The van der Waals surface area contributed by atoms with Gasteiger partial charge in [-0.2, -0.15) is 0 Å². The maximum atomic E-state index is 5.87. The lowest BCUT2D eigenvalue weighted by atomic mass is 10.0. The van der Waals surface area contributed by atoms with E-state index in [-0.39, 0.29) is 0 Å². The zero-order chi connectivity index (χ0) is 15.1. The van der Waals surface area contributed by atoms with E-state index in [9.17, 15) is 0 Å². The molecule has 0 aromatic heterocycles. The molecule has 1 atom stereocenters. The summed E-state index contributed by atoms with van der Waals surface area (Å²) < 4.78 is 5.87. The zero-order valence-corrected chi connectivity index (χ0v) is 13.8. The van der Waals surface area contributed by atoms with Crippen molar-refractivity contribution < 1.29 is 4.74 Å². The predicted molar refractivity (Wildman–Crippen MR) is 89.0 cm³/mol. The molecule has 2 rings (SSSR count). The molecule has 0 spiro atoms. The topological polar surface area (TPSA) is 24.5 Å². The van der Waals surface area contributed by atoms with Crippen LogP contribution in [0.25, 0.3) is 0 Å². The molecule has 1 heterocycles. The molecule has 0 bridgehead atoms. The fourth-order valence-corrected chi connectivity index (χ4v) is 2.84. The summed E-state index contributed by atoms with van der Waals surface area (Å²) in [5.41, 5.74) is 1.27. The van der Waals surface area contributed by atoms with E-state index in [1.807, 2.05) is 0 Å². The molecule has 0 aliphatic carbocycles. The van der Waals surface area contributed by atoms with E-state index in [0.717, 1.165) is 25.4 Å². The van der Waals surface area contributed by atoms with E-state index >= 15 is 0 Å². The molecular weight excluding hydrogens is 260 g/mol. The van der Waals surface area contributed by atoms with Gasteiger partial charge in [-0.3, -0.25) is 4.90 Å². The van der Waals surface area contributed by atoms with Gasteiger partial charge in [-0.1, -0.05) is 24.1 Å². The SMILES string of the molecule is Cc1ccc(OCCN(CC2CCCCN2)C(C)C)cc1. The van der Waals surface area contributed by atoms with Crippen molar-refractivity contribution in [1.82, 2.24) is 10.2 Å². The van der Waals surface area contributed by atoms with Crippen molar-refractivity contribution in [3.8, 4) is 5.75 Å². The van der Waals surface area contributed by atoms with E-state index in [4.69, 9.17) is 4.74 Å². The van der Waals surface area contributed by atoms with Gasteiger partial charge in [0.15, 0.2) is 0 Å². The van der Waals surface area contributed by atoms with Crippen LogP contribution in [-0.2, 0) is 0 Å². The number of hydrogen-bond acceptors (Lipinski definition) is 3. The van der Waals surface area contributed by atoms with Gasteiger partial charge >= 0.3 is 0 Å². The van der Waals surface area contributed by atoms with Crippen LogP contribution in [0.2, 0.25) is 0 Å². The first-order valence-electron chi connectivity index (χ1n) is 8.32. The molecule has 3 nitrogen and oxygen atoms in total. The number of benzene rings is 1. The first kappa shape index (κ1) is 16.3. The summed E-state index contributed by atoms with van der Waals surface area (Å²) >= 11 is 0. The number of hydrogen-bond donors (Lipinski definition) is 1. The average molecular weight is 290 g/mol. The van der Waals surface area contributed by atoms with Crippen molar-refractivity contribution in [1.29, 1.82) is 0 Å². The molecule has 1 aliphatic rings. The van der Waals surface area contributed by atoms with Crippen LogP contribution in [-0.4, -0.2) is 43.2 Å². The summed E-state index contributed by atoms with van der Waals surface area (Å²) in [5, 5.41) is 3.64. The molecule has 1 unspecified atom stereocenters. The second-order valence-corrected chi connectivity index (χ2v) is 6.40. The van der Waals surface area contributed by atoms with Crippen LogP contribution in [0.5, 0.6) is 5.75 Å². The third-order valence-corrected chi connectivity index (χ3v) is 4.27. The monoisotopic (exact) mass is 290 g/mol. The smallest absolute Gasteiger partial charge is 0.119 e. The maximum Gasteiger partial charge on any atom is 0.119 e. The first-order valence-corrected chi connectivity index (χ1v) is 8.32. The summed E-state index contributed by atoms with van der Waals surface area (Å²) in [6, 6.07) is 9.52. The lowest BCUT2D eigenvalue weighted by Crippen LogP contribution is -2.47. The molecule has 1 N–H and O–H groups in total. The normalized spacial score (nSPS) is 19.2. The van der Waals surface area contributed by atoms with Crippen LogP contribution in [0.15, 0.2) is 24.3 Å². The molecule has 0 amide bonds. The second-order valence-electron chi connectivity index (χ2n) is 6.40. The molecule has 1 fully saturated rings. The van der Waals surface area contributed by atoms with Crippen molar-refractivity contribution in [2.75, 3.05) is 26.2 Å². The lowest BCUT2D eigenvalue weighted by Gasteiger charge is -2.33. The molecule has 3 heteroatoms. The van der Waals surface area contributed by atoms with Gasteiger partial charge < -0.3 is 10.1 Å². The fourth-order valence-electron chi connectivity index (χ4n) is 2.84. The van der Waals surface area contributed by atoms with E-state index in [0.29, 0.717) is 12.1 Å². The number of rotatable bonds is 7. The minimum Gasteiger partial charge on any atom is -0.492 e. The summed E-state index contributed by atoms with van der Waals surface area (Å²) in [6.07, 6.45) is 4.00. The Morgan fingerprint density at radius 3 is 2.62 bits per heavy atom. The highest BCUT2D eigenvalue weighted by Crippen LogP contribution is 2.13. The van der Waals surface area contributed by atoms with Gasteiger partial charge in [0.25, 0.3) is 0 Å². The third kappa shape index (κ3) is 5.68. The molecule has 21 heavy (non-hydrogen) atoms. The van der Waals surface area contributed by atoms with Crippen molar-refractivity contribution >= 4 is 0 Å². The first-order chi connectivity index (χ1) is 10.1. The Hall–Kier alpha value is -1.06. The van der Waals surface area contributed by atoms with Crippen LogP contribution in [0.3, 0.4) is 0 Å². The Morgan fingerprint density at radius 1 is 1.24 bits per heavy atom. The summed E-state index contributed by atoms with van der Waals surface area (Å²) in [4.78, 5) is 2.52. The van der Waals surface area contributed by atoms with Gasteiger partial charge in [0.2, 0.25) is 0 Å². The van der Waals surface area contributed by atoms with Crippen molar-refractivity contribution in [3.63, 3.8) is 0 Å². The van der Waals surface area contributed by atoms with Crippen LogP contribution in [0, 0.1) is 6.92 Å². The molecule has 0 saturated carbocycles. The molecule has 1 aromatic carbocycles. The van der Waals surface area contributed by atoms with E-state index in [2.05, 4.69) is 55.3 Å². The summed E-state index contributed by atoms with van der Waals surface area (Å²) in [7, 11) is 0. The molecule has 0 radical (unpaired) electrons. The Bertz CT molecular complexity index is 396. The maximum absolute atomic E-state index is 5.87. The largest absolute Gasteiger partial charge is 0.492 e. The Morgan fingerprint density at radius 2 is 2.00 bits per heavy atom. The second kappa shape index (κ2) is 8.40. The molecule has 1 aliphatic heterocycles. The highest BCUT2D eigenvalue weighted by Gasteiger charge is 2.18. The lowest BCUT2D eigenvalue weighted by molar-refractivity contribution is 0.153. The molecule has 118 valence electrons. The predicted octanol–water partition coefficient (Wildman–Crippen LogP) is 3.23. The standard InChI is InChI=1S/C18H30N2O/c1-15(2)20(14-17-6-4-5-11-19-17)12-13-21-18-9-7-16(3)8-10-18/h7-10,15,17,19H,4-6,11-14H2,1-3H3. The average Bonchev–Trinajstić information content (AvgIpc) is 2.49. The van der Waals surface area contributed by atoms with Crippen LogP contribution < -0.4 is 10.1 Å². The molecule has 1 aromatic rings. The highest BCUT2D eigenvalue weighted by molar-refractivity contribution is 5.26. The number of piperidine rings is 1. The van der Waals surface area contributed by atoms with Gasteiger partial charge in [0.1, 0.15) is 12.4 Å². The third-order valence-electron chi connectivity index (χ3n) is 4.27. The zero-order valence-electron chi connectivity index (χ0n) is 13.8. The van der Waals surface area contributed by atoms with Crippen LogP contribution in [0.1, 0.15) is 38.7 Å². The highest BCUT2D eigenvalue weighted by atomic mass is 16.5. The van der Waals surface area contributed by atoms with Gasteiger partial charge in [-0.05, 0) is 52.3 Å². The summed E-state index contributed by atoms with van der Waals surface area (Å²) in [5.74, 6) is 0.972. The number of aryl methyl sites for hydroxylation is 1. The van der Waals surface area contributed by atoms with Crippen molar-refractivity contribution in [3.05, 3.63) is 29.8 Å². The Kier molecular flexibility index (Phi) is 6.52. The number of nitrogens with zero attached hydrogens (tertiary/aromatic N) is 1. The van der Waals surface area contributed by atoms with E-state index < -0.39 is 0 Å². The van der Waals surface area contributed by atoms with Crippen molar-refractivity contribution in [2.24, 2.45) is 0 Å². The Balaban J connectivity index is 1.75. The number of nitrogens with one attached hydrogen (secondary N) is 1. The minimum atomic E-state index is 0.565. The van der Waals surface area contributed by atoms with E-state index in [1.165, 1.54) is 31.4 Å². The summed E-state index contributed by atoms with van der Waals surface area (Å²) in [6.45, 7) is 10.7. The van der Waals surface area contributed by atoms with Gasteiger partial charge in [0, 0.05) is 25.2 Å². The van der Waals surface area contributed by atoms with E-state index in [1.54, 1.807) is 0 Å². The fraction of sp³-hybridized carbons (Fsp3) is 0.667. The quantitative estimate of drug-likeness (QED) is 0.834. The molecular formula is C18H30N2O. The van der Waals surface area contributed by atoms with Gasteiger partial charge in [0.05, 0.1) is 0 Å². The molecule has 1 saturated heterocycles. The van der Waals surface area contributed by atoms with Crippen LogP contribution in [0.4, 0.5) is 0 Å². The Labute approximate surface area is 129 Å². The van der Waals surface area contributed by atoms with Crippen molar-refractivity contribution in [2.45, 2.75) is 52.1 Å².